The number of amides is 1. The van der Waals surface area contributed by atoms with Gasteiger partial charge < -0.3 is 15.8 Å². The fraction of sp³-hybridized carbons (Fsp3) is 0.143. The number of nitrogens with one attached hydrogen (secondary N) is 1. The van der Waals surface area contributed by atoms with Gasteiger partial charge in [0.2, 0.25) is 5.88 Å². The number of methoxy groups -OCH3 is 1. The molecule has 1 amide bonds. The second kappa shape index (κ2) is 9.79. The zero-order valence-corrected chi connectivity index (χ0v) is 21.8. The van der Waals surface area contributed by atoms with E-state index in [1.54, 1.807) is 24.7 Å². The Morgan fingerprint density at radius 3 is 2.78 bits per heavy atom. The van der Waals surface area contributed by atoms with Gasteiger partial charge >= 0.3 is 0 Å². The number of anilines is 1. The van der Waals surface area contributed by atoms with Gasteiger partial charge in [0, 0.05) is 18.0 Å². The summed E-state index contributed by atoms with van der Waals surface area (Å²) >= 11 is 0. The van der Waals surface area contributed by atoms with Gasteiger partial charge in [0.1, 0.15) is 11.3 Å². The molecule has 1 aliphatic rings. The number of fused-ring (bicyclic) bond motifs is 2. The fourth-order valence-electron chi connectivity index (χ4n) is 5.13. The summed E-state index contributed by atoms with van der Waals surface area (Å²) in [6.45, 7) is 0. The number of nitrogens with zero attached hydrogens (tertiary/aromatic N) is 9. The smallest absolute Gasteiger partial charge is 0.253 e. The number of imidazole rings is 1. The minimum absolute atomic E-state index is 0.144. The van der Waals surface area contributed by atoms with E-state index in [-0.39, 0.29) is 17.8 Å². The highest BCUT2D eigenvalue weighted by Gasteiger charge is 2.26. The Morgan fingerprint density at radius 2 is 1.95 bits per heavy atom. The molecule has 202 valence electrons. The second-order valence-electron chi connectivity index (χ2n) is 9.47. The highest BCUT2D eigenvalue weighted by Crippen LogP contribution is 2.36. The van der Waals surface area contributed by atoms with Gasteiger partial charge in [0.25, 0.3) is 5.91 Å². The Labute approximate surface area is 233 Å². The molecular formula is C28H23N11O2. The maximum atomic E-state index is 13.0. The molecule has 0 saturated heterocycles. The lowest BCUT2D eigenvalue weighted by Gasteiger charge is -2.16. The van der Waals surface area contributed by atoms with Crippen LogP contribution >= 0.6 is 0 Å². The number of ether oxygens (including phenoxy) is 1. The van der Waals surface area contributed by atoms with Gasteiger partial charge in [-0.1, -0.05) is 6.07 Å². The molecule has 6 aromatic rings. The minimum Gasteiger partial charge on any atom is -0.480 e. The number of hydrogen-bond acceptors (Lipinski definition) is 10. The normalized spacial score (nSPS) is 14.2. The number of benzene rings is 1. The molecule has 0 radical (unpaired) electrons. The topological polar surface area (TPSA) is 164 Å². The Bertz CT molecular complexity index is 1920. The summed E-state index contributed by atoms with van der Waals surface area (Å²) in [5, 5.41) is 19.2. The summed E-state index contributed by atoms with van der Waals surface area (Å²) in [5.41, 5.74) is 11.7. The molecule has 0 aliphatic heterocycles. The number of carbonyl (C=O) groups is 1. The van der Waals surface area contributed by atoms with Crippen LogP contribution in [0.3, 0.4) is 0 Å². The lowest BCUT2D eigenvalue weighted by molar-refractivity contribution is 0.0935. The summed E-state index contributed by atoms with van der Waals surface area (Å²) < 4.78 is 7.07. The van der Waals surface area contributed by atoms with E-state index in [0.717, 1.165) is 29.7 Å². The first-order valence-corrected chi connectivity index (χ1v) is 12.9. The van der Waals surface area contributed by atoms with Gasteiger partial charge in [-0.05, 0) is 60.4 Å². The monoisotopic (exact) mass is 545 g/mol. The summed E-state index contributed by atoms with van der Waals surface area (Å²) in [6.07, 6.45) is 7.82. The standard InChI is InChI=1S/C28H23N11O2/c1-41-24-14-17(15-31-37-24)28(40)35-21-7-4-16-13-18(5-6-19(16)21)38-26(20-3-2-10-30-25(20)29)34-22-8-9-23(36-27(22)38)39-32-11-12-33-39/h2-3,5-6,8-15,21H,4,7H2,1H3,(H2,29,30)(H,35,40)/t21-/m0/s1. The van der Waals surface area contributed by atoms with Crippen LogP contribution < -0.4 is 15.8 Å². The first-order chi connectivity index (χ1) is 20.1. The predicted octanol–water partition coefficient (Wildman–Crippen LogP) is 2.86. The van der Waals surface area contributed by atoms with Crippen molar-refractivity contribution in [3.05, 3.63) is 90.0 Å². The van der Waals surface area contributed by atoms with Crippen molar-refractivity contribution in [2.24, 2.45) is 0 Å². The molecule has 1 aromatic carbocycles. The number of rotatable bonds is 6. The quantitative estimate of drug-likeness (QED) is 0.318. The lowest BCUT2D eigenvalue weighted by atomic mass is 10.1. The number of nitrogens with two attached hydrogens (primary N) is 1. The predicted molar refractivity (Wildman–Crippen MR) is 149 cm³/mol. The van der Waals surface area contributed by atoms with Gasteiger partial charge in [-0.25, -0.2) is 15.0 Å². The van der Waals surface area contributed by atoms with Crippen molar-refractivity contribution in [2.45, 2.75) is 18.9 Å². The Kier molecular flexibility index (Phi) is 5.81. The van der Waals surface area contributed by atoms with Crippen molar-refractivity contribution < 1.29 is 9.53 Å². The third-order valence-electron chi connectivity index (χ3n) is 7.06. The largest absolute Gasteiger partial charge is 0.480 e. The van der Waals surface area contributed by atoms with E-state index in [1.165, 1.54) is 18.1 Å². The van der Waals surface area contributed by atoms with E-state index in [0.29, 0.717) is 39.8 Å². The molecule has 7 rings (SSSR count). The molecule has 3 N–H and O–H groups in total. The zero-order valence-electron chi connectivity index (χ0n) is 21.8. The molecule has 0 saturated carbocycles. The van der Waals surface area contributed by atoms with E-state index in [2.05, 4.69) is 36.8 Å². The van der Waals surface area contributed by atoms with Gasteiger partial charge in [-0.2, -0.15) is 15.3 Å². The van der Waals surface area contributed by atoms with Crippen LogP contribution in [0.2, 0.25) is 0 Å². The first kappa shape index (κ1) is 24.3. The molecular weight excluding hydrogens is 522 g/mol. The SMILES string of the molecule is COc1cc(C(=O)N[C@H]2CCc3cc(-n4c(-c5cccnc5N)nc5ccc(-n6nccn6)nc54)ccc32)cnn1. The van der Waals surface area contributed by atoms with E-state index >= 15 is 0 Å². The third kappa shape index (κ3) is 4.29. The maximum absolute atomic E-state index is 13.0. The van der Waals surface area contributed by atoms with Crippen molar-refractivity contribution >= 4 is 22.9 Å². The molecule has 0 fully saturated rings. The van der Waals surface area contributed by atoms with E-state index in [9.17, 15) is 4.79 Å². The van der Waals surface area contributed by atoms with Crippen LogP contribution in [0.25, 0.3) is 34.1 Å². The van der Waals surface area contributed by atoms with Crippen LogP contribution in [0.1, 0.15) is 33.9 Å². The van der Waals surface area contributed by atoms with Gasteiger partial charge in [-0.3, -0.25) is 9.36 Å². The maximum Gasteiger partial charge on any atom is 0.253 e. The molecule has 5 aromatic heterocycles. The summed E-state index contributed by atoms with van der Waals surface area (Å²) in [4.78, 5) is 28.4. The van der Waals surface area contributed by atoms with Crippen LogP contribution in [-0.4, -0.2) is 57.7 Å². The van der Waals surface area contributed by atoms with Crippen molar-refractivity contribution in [3.63, 3.8) is 0 Å². The number of aromatic nitrogens is 9. The van der Waals surface area contributed by atoms with Crippen molar-refractivity contribution in [1.29, 1.82) is 0 Å². The highest BCUT2D eigenvalue weighted by atomic mass is 16.5. The summed E-state index contributed by atoms with van der Waals surface area (Å²) in [7, 11) is 1.48. The van der Waals surface area contributed by atoms with Crippen molar-refractivity contribution in [3.8, 4) is 28.8 Å². The summed E-state index contributed by atoms with van der Waals surface area (Å²) in [5.74, 6) is 1.58. The first-order valence-electron chi connectivity index (χ1n) is 12.9. The molecule has 13 nitrogen and oxygen atoms in total. The molecule has 5 heterocycles. The Balaban J connectivity index is 1.29. The van der Waals surface area contributed by atoms with Crippen LogP contribution in [0.15, 0.2) is 73.3 Å². The minimum atomic E-state index is -0.237. The summed E-state index contributed by atoms with van der Waals surface area (Å²) in [6, 6.07) is 15.0. The van der Waals surface area contributed by atoms with Crippen molar-refractivity contribution in [2.75, 3.05) is 12.8 Å². The highest BCUT2D eigenvalue weighted by molar-refractivity contribution is 5.94. The Hall–Kier alpha value is -5.72. The average Bonchev–Trinajstić information content (AvgIpc) is 3.76. The lowest BCUT2D eigenvalue weighted by Crippen LogP contribution is -2.27. The Morgan fingerprint density at radius 1 is 1.07 bits per heavy atom. The van der Waals surface area contributed by atoms with E-state index < -0.39 is 0 Å². The molecule has 0 spiro atoms. The number of nitrogen functional groups attached to an aromatic ring is 1. The van der Waals surface area contributed by atoms with Crippen LogP contribution in [-0.2, 0) is 6.42 Å². The number of pyridine rings is 2. The third-order valence-corrected chi connectivity index (χ3v) is 7.06. The number of hydrogen-bond donors (Lipinski definition) is 2. The van der Waals surface area contributed by atoms with Crippen molar-refractivity contribution in [1.82, 2.24) is 50.0 Å². The van der Waals surface area contributed by atoms with Gasteiger partial charge in [-0.15, -0.1) is 9.90 Å². The van der Waals surface area contributed by atoms with Gasteiger partial charge in [0.15, 0.2) is 17.3 Å². The number of aryl methyl sites for hydroxylation is 1. The fourth-order valence-corrected chi connectivity index (χ4v) is 5.13. The van der Waals surface area contributed by atoms with Crippen LogP contribution in [0.4, 0.5) is 5.82 Å². The molecule has 1 aliphatic carbocycles. The zero-order chi connectivity index (χ0) is 27.9. The van der Waals surface area contributed by atoms with Crippen LogP contribution in [0.5, 0.6) is 5.88 Å². The molecule has 1 atom stereocenters. The molecule has 0 bridgehead atoms. The molecule has 0 unspecified atom stereocenters. The second-order valence-corrected chi connectivity index (χ2v) is 9.47. The number of carbonyl (C=O) groups excluding carboxylic acids is 1. The van der Waals surface area contributed by atoms with E-state index in [1.807, 2.05) is 41.0 Å². The van der Waals surface area contributed by atoms with E-state index in [4.69, 9.17) is 20.4 Å². The van der Waals surface area contributed by atoms with Crippen LogP contribution in [0, 0.1) is 0 Å². The average molecular weight is 546 g/mol. The van der Waals surface area contributed by atoms with Gasteiger partial charge in [0.05, 0.1) is 42.9 Å². The molecule has 13 heteroatoms. The molecule has 41 heavy (non-hydrogen) atoms.